The fraction of sp³-hybridized carbons (Fsp3) is 0.700. The van der Waals surface area contributed by atoms with Crippen molar-refractivity contribution in [3.63, 3.8) is 0 Å². The zero-order chi connectivity index (χ0) is 15.0. The van der Waals surface area contributed by atoms with Gasteiger partial charge in [0, 0.05) is 0 Å². The number of unbranched alkanes of at least 4 members (excludes halogenated alkanes) is 6. The van der Waals surface area contributed by atoms with Crippen LogP contribution in [0.15, 0.2) is 24.3 Å². The second-order valence-electron chi connectivity index (χ2n) is 7.02. The van der Waals surface area contributed by atoms with Crippen LogP contribution >= 0.6 is 0 Å². The van der Waals surface area contributed by atoms with Gasteiger partial charge >= 0.3 is 0 Å². The van der Waals surface area contributed by atoms with Crippen molar-refractivity contribution >= 4 is 0 Å². The van der Waals surface area contributed by atoms with Crippen molar-refractivity contribution in [1.82, 2.24) is 0 Å². The Hall–Kier alpha value is -0.820. The maximum atomic E-state index is 6.18. The van der Waals surface area contributed by atoms with Crippen LogP contribution in [-0.4, -0.2) is 6.54 Å². The summed E-state index contributed by atoms with van der Waals surface area (Å²) in [5.41, 5.74) is 9.67. The zero-order valence-electron chi connectivity index (χ0n) is 13.9. The van der Waals surface area contributed by atoms with Gasteiger partial charge < -0.3 is 5.73 Å². The number of nitrogens with two attached hydrogens (primary N) is 1. The molecule has 0 aromatic heterocycles. The highest BCUT2D eigenvalue weighted by atomic mass is 14.6. The van der Waals surface area contributed by atoms with Crippen molar-refractivity contribution < 1.29 is 0 Å². The van der Waals surface area contributed by atoms with E-state index < -0.39 is 0 Å². The van der Waals surface area contributed by atoms with E-state index in [-0.39, 0.29) is 0 Å². The minimum atomic E-state index is 0.387. The van der Waals surface area contributed by atoms with Crippen molar-refractivity contribution in [2.24, 2.45) is 11.1 Å². The van der Waals surface area contributed by atoms with Crippen LogP contribution in [0.2, 0.25) is 0 Å². The Labute approximate surface area is 131 Å². The Morgan fingerprint density at radius 3 is 2.33 bits per heavy atom. The lowest BCUT2D eigenvalue weighted by atomic mass is 9.69. The van der Waals surface area contributed by atoms with E-state index in [1.807, 2.05) is 0 Å². The minimum Gasteiger partial charge on any atom is -0.330 e. The molecule has 0 aliphatic heterocycles. The number of hydrogen-bond donors (Lipinski definition) is 1. The van der Waals surface area contributed by atoms with E-state index in [1.54, 1.807) is 11.1 Å². The monoisotopic (exact) mass is 287 g/mol. The van der Waals surface area contributed by atoms with E-state index in [0.29, 0.717) is 5.41 Å². The lowest BCUT2D eigenvalue weighted by Crippen LogP contribution is -2.36. The predicted molar refractivity (Wildman–Crippen MR) is 92.6 cm³/mol. The van der Waals surface area contributed by atoms with Gasteiger partial charge in [-0.05, 0) is 48.8 Å². The molecule has 0 bridgehead atoms. The zero-order valence-corrected chi connectivity index (χ0v) is 13.9. The predicted octanol–water partition coefficient (Wildman–Crippen LogP) is 5.26. The van der Waals surface area contributed by atoms with E-state index in [2.05, 4.69) is 31.2 Å². The van der Waals surface area contributed by atoms with E-state index in [0.717, 1.165) is 6.54 Å². The van der Waals surface area contributed by atoms with Gasteiger partial charge in [-0.15, -0.1) is 0 Å². The quantitative estimate of drug-likeness (QED) is 0.616. The van der Waals surface area contributed by atoms with Crippen LogP contribution in [0, 0.1) is 5.41 Å². The minimum absolute atomic E-state index is 0.387. The first-order valence-electron chi connectivity index (χ1n) is 9.06. The Bertz CT molecular complexity index is 412. The molecule has 118 valence electrons. The van der Waals surface area contributed by atoms with Crippen LogP contribution in [-0.2, 0) is 12.8 Å². The van der Waals surface area contributed by atoms with E-state index in [1.165, 1.54) is 70.6 Å². The molecule has 0 fully saturated rings. The highest BCUT2D eigenvalue weighted by molar-refractivity contribution is 5.31. The molecule has 1 aromatic rings. The number of hydrogen-bond acceptors (Lipinski definition) is 1. The summed E-state index contributed by atoms with van der Waals surface area (Å²) < 4.78 is 0. The van der Waals surface area contributed by atoms with Crippen LogP contribution in [0.4, 0.5) is 0 Å². The summed E-state index contributed by atoms with van der Waals surface area (Å²) in [6.07, 6.45) is 14.8. The maximum absolute atomic E-state index is 6.18. The van der Waals surface area contributed by atoms with Crippen molar-refractivity contribution in [3.8, 4) is 0 Å². The van der Waals surface area contributed by atoms with Gasteiger partial charge in [-0.1, -0.05) is 76.1 Å². The SMILES string of the molecule is CCCCCCCCCC1(CN)CCc2ccccc2C1. The van der Waals surface area contributed by atoms with Gasteiger partial charge in [0.25, 0.3) is 0 Å². The molecule has 0 radical (unpaired) electrons. The summed E-state index contributed by atoms with van der Waals surface area (Å²) in [6, 6.07) is 8.96. The highest BCUT2D eigenvalue weighted by Gasteiger charge is 2.32. The van der Waals surface area contributed by atoms with Crippen molar-refractivity contribution in [3.05, 3.63) is 35.4 Å². The lowest BCUT2D eigenvalue weighted by Gasteiger charge is -2.37. The first-order chi connectivity index (χ1) is 10.3. The van der Waals surface area contributed by atoms with Gasteiger partial charge in [0.2, 0.25) is 0 Å². The Kier molecular flexibility index (Phi) is 6.76. The maximum Gasteiger partial charge on any atom is -0.00172 e. The molecule has 0 saturated heterocycles. The molecular weight excluding hydrogens is 254 g/mol. The van der Waals surface area contributed by atoms with Gasteiger partial charge in [-0.25, -0.2) is 0 Å². The van der Waals surface area contributed by atoms with Gasteiger partial charge in [-0.2, -0.15) is 0 Å². The van der Waals surface area contributed by atoms with Crippen molar-refractivity contribution in [1.29, 1.82) is 0 Å². The smallest absolute Gasteiger partial charge is 0.00172 e. The molecule has 0 saturated carbocycles. The summed E-state index contributed by atoms with van der Waals surface area (Å²) in [4.78, 5) is 0. The molecular formula is C20H33N. The standard InChI is InChI=1S/C20H33N/c1-2-3-4-5-6-7-10-14-20(17-21)15-13-18-11-8-9-12-19(18)16-20/h8-9,11-12H,2-7,10,13-17,21H2,1H3. The first kappa shape index (κ1) is 16.5. The van der Waals surface area contributed by atoms with Gasteiger partial charge in [0.1, 0.15) is 0 Å². The summed E-state index contributed by atoms with van der Waals surface area (Å²) in [5, 5.41) is 0. The van der Waals surface area contributed by atoms with Crippen LogP contribution in [0.1, 0.15) is 75.8 Å². The molecule has 1 unspecified atom stereocenters. The van der Waals surface area contributed by atoms with Gasteiger partial charge in [0.05, 0.1) is 0 Å². The Balaban J connectivity index is 1.75. The molecule has 2 N–H and O–H groups in total. The lowest BCUT2D eigenvalue weighted by molar-refractivity contribution is 0.226. The number of benzene rings is 1. The summed E-state index contributed by atoms with van der Waals surface area (Å²) in [7, 11) is 0. The van der Waals surface area contributed by atoms with E-state index in [9.17, 15) is 0 Å². The molecule has 2 rings (SSSR count). The van der Waals surface area contributed by atoms with E-state index >= 15 is 0 Å². The van der Waals surface area contributed by atoms with Gasteiger partial charge in [-0.3, -0.25) is 0 Å². The molecule has 0 heterocycles. The van der Waals surface area contributed by atoms with Gasteiger partial charge in [0.15, 0.2) is 0 Å². The third kappa shape index (κ3) is 4.85. The number of rotatable bonds is 9. The highest BCUT2D eigenvalue weighted by Crippen LogP contribution is 2.38. The average molecular weight is 287 g/mol. The third-order valence-electron chi connectivity index (χ3n) is 5.35. The molecule has 1 aliphatic rings. The van der Waals surface area contributed by atoms with Crippen molar-refractivity contribution in [2.75, 3.05) is 6.54 Å². The van der Waals surface area contributed by atoms with Crippen LogP contribution < -0.4 is 5.73 Å². The van der Waals surface area contributed by atoms with Crippen LogP contribution in [0.25, 0.3) is 0 Å². The number of aryl methyl sites for hydroxylation is 1. The molecule has 1 heteroatoms. The molecule has 0 amide bonds. The van der Waals surface area contributed by atoms with Crippen molar-refractivity contribution in [2.45, 2.75) is 77.6 Å². The fourth-order valence-electron chi connectivity index (χ4n) is 3.81. The second-order valence-corrected chi connectivity index (χ2v) is 7.02. The summed E-state index contributed by atoms with van der Waals surface area (Å²) in [5.74, 6) is 0. The third-order valence-corrected chi connectivity index (χ3v) is 5.35. The Morgan fingerprint density at radius 2 is 1.62 bits per heavy atom. The Morgan fingerprint density at radius 1 is 0.952 bits per heavy atom. The molecule has 0 spiro atoms. The normalized spacial score (nSPS) is 21.2. The molecule has 1 nitrogen and oxygen atoms in total. The first-order valence-corrected chi connectivity index (χ1v) is 9.06. The average Bonchev–Trinajstić information content (AvgIpc) is 2.54. The second kappa shape index (κ2) is 8.58. The fourth-order valence-corrected chi connectivity index (χ4v) is 3.81. The largest absolute Gasteiger partial charge is 0.330 e. The summed E-state index contributed by atoms with van der Waals surface area (Å²) >= 11 is 0. The van der Waals surface area contributed by atoms with E-state index in [4.69, 9.17) is 5.73 Å². The van der Waals surface area contributed by atoms with Crippen LogP contribution in [0.3, 0.4) is 0 Å². The summed E-state index contributed by atoms with van der Waals surface area (Å²) in [6.45, 7) is 3.14. The number of fused-ring (bicyclic) bond motifs is 1. The molecule has 1 aliphatic carbocycles. The topological polar surface area (TPSA) is 26.0 Å². The van der Waals surface area contributed by atoms with Crippen LogP contribution in [0.5, 0.6) is 0 Å². The molecule has 21 heavy (non-hydrogen) atoms. The molecule has 1 aromatic carbocycles. The molecule has 1 atom stereocenters.